The van der Waals surface area contributed by atoms with Crippen LogP contribution in [0.25, 0.3) is 0 Å². The molecule has 0 atom stereocenters. The van der Waals surface area contributed by atoms with E-state index < -0.39 is 0 Å². The molecule has 0 saturated carbocycles. The molecule has 0 spiro atoms. The summed E-state index contributed by atoms with van der Waals surface area (Å²) in [5.74, 6) is 0.673. The molecule has 0 radical (unpaired) electrons. The van der Waals surface area contributed by atoms with Crippen molar-refractivity contribution >= 4 is 5.78 Å². The van der Waals surface area contributed by atoms with E-state index in [0.29, 0.717) is 31.1 Å². The third kappa shape index (κ3) is 6.25. The minimum Gasteiger partial charge on any atom is -0.496 e. The number of rotatable bonds is 11. The Balaban J connectivity index is 2.65. The van der Waals surface area contributed by atoms with Gasteiger partial charge in [0.25, 0.3) is 0 Å². The Bertz CT molecular complexity index is 422. The lowest BCUT2D eigenvalue weighted by atomic mass is 10.1. The Morgan fingerprint density at radius 2 is 1.76 bits per heavy atom. The number of carbonyl (C=O) groups is 1. The van der Waals surface area contributed by atoms with Gasteiger partial charge in [0.15, 0.2) is 5.78 Å². The van der Waals surface area contributed by atoms with E-state index in [1.54, 1.807) is 33.5 Å². The Morgan fingerprint density at radius 1 is 1.05 bits per heavy atom. The van der Waals surface area contributed by atoms with E-state index in [0.717, 1.165) is 19.5 Å². The van der Waals surface area contributed by atoms with Crippen LogP contribution in [0.3, 0.4) is 0 Å². The van der Waals surface area contributed by atoms with Crippen molar-refractivity contribution in [3.8, 4) is 5.75 Å². The van der Waals surface area contributed by atoms with E-state index in [1.165, 1.54) is 0 Å². The third-order valence-corrected chi connectivity index (χ3v) is 3.21. The maximum Gasteiger partial charge on any atom is 0.180 e. The van der Waals surface area contributed by atoms with Gasteiger partial charge >= 0.3 is 0 Å². The van der Waals surface area contributed by atoms with Crippen molar-refractivity contribution in [3.05, 3.63) is 29.8 Å². The molecule has 0 unspecified atom stereocenters. The highest BCUT2D eigenvalue weighted by Gasteiger charge is 2.15. The predicted molar refractivity (Wildman–Crippen MR) is 82.1 cm³/mol. The van der Waals surface area contributed by atoms with Gasteiger partial charge in [-0.05, 0) is 18.6 Å². The number of Topliss-reactive ketones (excluding diaryl/α,β-unsaturated/α-hetero) is 1. The van der Waals surface area contributed by atoms with E-state index in [-0.39, 0.29) is 5.78 Å². The summed E-state index contributed by atoms with van der Waals surface area (Å²) in [7, 11) is 4.92. The average molecular weight is 295 g/mol. The van der Waals surface area contributed by atoms with E-state index in [2.05, 4.69) is 4.90 Å². The van der Waals surface area contributed by atoms with Crippen LogP contribution in [0.1, 0.15) is 16.8 Å². The van der Waals surface area contributed by atoms with Crippen LogP contribution in [0.4, 0.5) is 0 Å². The van der Waals surface area contributed by atoms with Gasteiger partial charge in [-0.3, -0.25) is 9.69 Å². The lowest BCUT2D eigenvalue weighted by Gasteiger charge is -2.21. The number of carbonyl (C=O) groups excluding carboxylic acids is 1. The molecule has 0 N–H and O–H groups in total. The lowest BCUT2D eigenvalue weighted by Crippen LogP contribution is -2.34. The second kappa shape index (κ2) is 10.3. The Labute approximate surface area is 126 Å². The molecule has 1 aromatic rings. The highest BCUT2D eigenvalue weighted by atomic mass is 16.5. The summed E-state index contributed by atoms with van der Waals surface area (Å²) in [4.78, 5) is 14.5. The molecule has 0 heterocycles. The quantitative estimate of drug-likeness (QED) is 0.461. The second-order valence-electron chi connectivity index (χ2n) is 4.74. The highest BCUT2D eigenvalue weighted by Crippen LogP contribution is 2.18. The molecule has 0 amide bonds. The molecule has 1 rings (SSSR count). The molecular formula is C16H25NO4. The number of ether oxygens (including phenoxy) is 3. The topological polar surface area (TPSA) is 48.0 Å². The van der Waals surface area contributed by atoms with Crippen LogP contribution in [-0.4, -0.2) is 64.9 Å². The molecule has 1 aromatic carbocycles. The lowest BCUT2D eigenvalue weighted by molar-refractivity contribution is 0.0875. The van der Waals surface area contributed by atoms with Crippen molar-refractivity contribution in [2.75, 3.05) is 54.2 Å². The van der Waals surface area contributed by atoms with Gasteiger partial charge in [0.1, 0.15) is 5.75 Å². The van der Waals surface area contributed by atoms with Crippen molar-refractivity contribution in [2.45, 2.75) is 6.42 Å². The van der Waals surface area contributed by atoms with Crippen LogP contribution in [0.2, 0.25) is 0 Å². The number of methoxy groups -OCH3 is 3. The molecule has 0 aliphatic heterocycles. The maximum absolute atomic E-state index is 12.4. The molecule has 0 aliphatic rings. The Hall–Kier alpha value is -1.43. The van der Waals surface area contributed by atoms with E-state index >= 15 is 0 Å². The van der Waals surface area contributed by atoms with Crippen molar-refractivity contribution in [1.29, 1.82) is 0 Å². The van der Waals surface area contributed by atoms with E-state index in [4.69, 9.17) is 14.2 Å². The summed E-state index contributed by atoms with van der Waals surface area (Å²) in [6.07, 6.45) is 0.888. The minimum atomic E-state index is 0.0565. The number of ketones is 1. The van der Waals surface area contributed by atoms with Crippen molar-refractivity contribution in [3.63, 3.8) is 0 Å². The van der Waals surface area contributed by atoms with Gasteiger partial charge in [-0.25, -0.2) is 0 Å². The normalized spacial score (nSPS) is 10.9. The van der Waals surface area contributed by atoms with Crippen LogP contribution in [-0.2, 0) is 9.47 Å². The first-order chi connectivity index (χ1) is 10.2. The molecule has 0 fully saturated rings. The van der Waals surface area contributed by atoms with Crippen LogP contribution in [0.15, 0.2) is 24.3 Å². The van der Waals surface area contributed by atoms with Crippen molar-refractivity contribution in [1.82, 2.24) is 4.90 Å². The molecule has 21 heavy (non-hydrogen) atoms. The first-order valence-corrected chi connectivity index (χ1v) is 7.09. The molecular weight excluding hydrogens is 270 g/mol. The average Bonchev–Trinajstić information content (AvgIpc) is 2.52. The monoisotopic (exact) mass is 295 g/mol. The second-order valence-corrected chi connectivity index (χ2v) is 4.74. The number of hydrogen-bond acceptors (Lipinski definition) is 5. The van der Waals surface area contributed by atoms with E-state index in [1.807, 2.05) is 12.1 Å². The standard InChI is InChI=1S/C16H25NO4/c1-19-11-6-9-17(10-12-20-2)13-15(18)14-7-4-5-8-16(14)21-3/h4-5,7-8H,6,9-13H2,1-3H3. The number of benzene rings is 1. The summed E-state index contributed by atoms with van der Waals surface area (Å²) in [5.41, 5.74) is 0.620. The van der Waals surface area contributed by atoms with Crippen molar-refractivity contribution < 1.29 is 19.0 Å². The number of hydrogen-bond donors (Lipinski definition) is 0. The summed E-state index contributed by atoms with van der Waals surface area (Å²) in [6.45, 7) is 3.17. The zero-order chi connectivity index (χ0) is 15.5. The van der Waals surface area contributed by atoms with Crippen molar-refractivity contribution in [2.24, 2.45) is 0 Å². The molecule has 5 heteroatoms. The summed E-state index contributed by atoms with van der Waals surface area (Å²) in [5, 5.41) is 0. The smallest absolute Gasteiger partial charge is 0.180 e. The first-order valence-electron chi connectivity index (χ1n) is 7.09. The molecule has 5 nitrogen and oxygen atoms in total. The SMILES string of the molecule is COCCCN(CCOC)CC(=O)c1ccccc1OC. The van der Waals surface area contributed by atoms with Gasteiger partial charge in [-0.15, -0.1) is 0 Å². The van der Waals surface area contributed by atoms with Gasteiger partial charge in [0, 0.05) is 33.9 Å². The van der Waals surface area contributed by atoms with Crippen LogP contribution in [0.5, 0.6) is 5.75 Å². The minimum absolute atomic E-state index is 0.0565. The van der Waals surface area contributed by atoms with Crippen LogP contribution < -0.4 is 4.74 Å². The molecule has 0 aliphatic carbocycles. The molecule has 0 saturated heterocycles. The number of nitrogens with zero attached hydrogens (tertiary/aromatic N) is 1. The van der Waals surface area contributed by atoms with Gasteiger partial charge in [0.2, 0.25) is 0 Å². The number of para-hydroxylation sites is 1. The first kappa shape index (κ1) is 17.6. The summed E-state index contributed by atoms with van der Waals surface area (Å²) in [6, 6.07) is 7.31. The Kier molecular flexibility index (Phi) is 8.66. The maximum atomic E-state index is 12.4. The van der Waals surface area contributed by atoms with Crippen LogP contribution in [0, 0.1) is 0 Å². The largest absolute Gasteiger partial charge is 0.496 e. The van der Waals surface area contributed by atoms with Crippen LogP contribution >= 0.6 is 0 Å². The third-order valence-electron chi connectivity index (χ3n) is 3.21. The van der Waals surface area contributed by atoms with Gasteiger partial charge in [-0.1, -0.05) is 12.1 Å². The predicted octanol–water partition coefficient (Wildman–Crippen LogP) is 1.86. The molecule has 0 bridgehead atoms. The van der Waals surface area contributed by atoms with Gasteiger partial charge in [0.05, 0.1) is 25.8 Å². The zero-order valence-electron chi connectivity index (χ0n) is 13.1. The molecule has 118 valence electrons. The summed E-state index contributed by atoms with van der Waals surface area (Å²) >= 11 is 0. The summed E-state index contributed by atoms with van der Waals surface area (Å²) < 4.78 is 15.4. The molecule has 0 aromatic heterocycles. The van der Waals surface area contributed by atoms with E-state index in [9.17, 15) is 4.79 Å². The fourth-order valence-corrected chi connectivity index (χ4v) is 2.09. The highest BCUT2D eigenvalue weighted by molar-refractivity contribution is 6.00. The fraction of sp³-hybridized carbons (Fsp3) is 0.562. The van der Waals surface area contributed by atoms with Gasteiger partial charge < -0.3 is 14.2 Å². The zero-order valence-corrected chi connectivity index (χ0v) is 13.1. The van der Waals surface area contributed by atoms with Gasteiger partial charge in [-0.2, -0.15) is 0 Å². The Morgan fingerprint density at radius 3 is 2.43 bits per heavy atom. The fourth-order valence-electron chi connectivity index (χ4n) is 2.09.